The van der Waals surface area contributed by atoms with Crippen LogP contribution in [-0.4, -0.2) is 11.5 Å². The molecule has 2 rings (SSSR count). The summed E-state index contributed by atoms with van der Waals surface area (Å²) in [6, 6.07) is 7.95. The van der Waals surface area contributed by atoms with Gasteiger partial charge in [0.15, 0.2) is 0 Å². The smallest absolute Gasteiger partial charge is 0.150 e. The summed E-state index contributed by atoms with van der Waals surface area (Å²) in [5, 5.41) is 0.718. The summed E-state index contributed by atoms with van der Waals surface area (Å²) in [6.07, 6.45) is 4.91. The summed E-state index contributed by atoms with van der Waals surface area (Å²) in [5.74, 6) is 1.68. The standard InChI is InChI=1S/C15H20OS/c1-11-6-12(2)8-15(7-11)17-14-5-3-4-13(9-14)10-16/h3-5,9-12,15H,6-8H2,1-2H3. The molecule has 1 fully saturated rings. The molecule has 0 amide bonds. The van der Waals surface area contributed by atoms with Crippen LogP contribution >= 0.6 is 11.8 Å². The Morgan fingerprint density at radius 2 is 1.88 bits per heavy atom. The van der Waals surface area contributed by atoms with Crippen LogP contribution in [0.3, 0.4) is 0 Å². The lowest BCUT2D eigenvalue weighted by Gasteiger charge is -2.31. The second kappa shape index (κ2) is 5.72. The average molecular weight is 248 g/mol. The molecule has 0 N–H and O–H groups in total. The summed E-state index contributed by atoms with van der Waals surface area (Å²) in [6.45, 7) is 4.70. The van der Waals surface area contributed by atoms with E-state index in [0.29, 0.717) is 0 Å². The highest BCUT2D eigenvalue weighted by atomic mass is 32.2. The number of hydrogen-bond donors (Lipinski definition) is 0. The number of aldehydes is 1. The Morgan fingerprint density at radius 3 is 2.53 bits per heavy atom. The Hall–Kier alpha value is -0.760. The highest BCUT2D eigenvalue weighted by molar-refractivity contribution is 8.00. The third-order valence-corrected chi connectivity index (χ3v) is 4.68. The van der Waals surface area contributed by atoms with Gasteiger partial charge in [0.1, 0.15) is 6.29 Å². The minimum Gasteiger partial charge on any atom is -0.298 e. The van der Waals surface area contributed by atoms with Crippen molar-refractivity contribution in [3.05, 3.63) is 29.8 Å². The van der Waals surface area contributed by atoms with E-state index in [1.807, 2.05) is 30.0 Å². The maximum absolute atomic E-state index is 10.7. The Bertz CT molecular complexity index is 378. The molecule has 0 heterocycles. The summed E-state index contributed by atoms with van der Waals surface area (Å²) in [7, 11) is 0. The fourth-order valence-electron chi connectivity index (χ4n) is 2.82. The maximum Gasteiger partial charge on any atom is 0.150 e. The molecule has 0 radical (unpaired) electrons. The molecule has 2 atom stereocenters. The lowest BCUT2D eigenvalue weighted by atomic mass is 9.83. The molecule has 1 saturated carbocycles. The van der Waals surface area contributed by atoms with Gasteiger partial charge in [-0.3, -0.25) is 4.79 Å². The maximum atomic E-state index is 10.7. The van der Waals surface area contributed by atoms with E-state index in [9.17, 15) is 4.79 Å². The van der Waals surface area contributed by atoms with E-state index in [2.05, 4.69) is 19.9 Å². The van der Waals surface area contributed by atoms with E-state index < -0.39 is 0 Å². The van der Waals surface area contributed by atoms with Gasteiger partial charge < -0.3 is 0 Å². The van der Waals surface area contributed by atoms with Crippen LogP contribution in [0.5, 0.6) is 0 Å². The molecule has 0 bridgehead atoms. The van der Waals surface area contributed by atoms with Crippen molar-refractivity contribution in [2.45, 2.75) is 43.3 Å². The van der Waals surface area contributed by atoms with Gasteiger partial charge in [-0.15, -0.1) is 11.8 Å². The topological polar surface area (TPSA) is 17.1 Å². The third kappa shape index (κ3) is 3.60. The quantitative estimate of drug-likeness (QED) is 0.737. The number of carbonyl (C=O) groups excluding carboxylic acids is 1. The Labute approximate surface area is 108 Å². The molecule has 0 spiro atoms. The molecule has 1 aliphatic carbocycles. The molecule has 0 aromatic heterocycles. The van der Waals surface area contributed by atoms with Crippen molar-refractivity contribution in [2.24, 2.45) is 11.8 Å². The van der Waals surface area contributed by atoms with Crippen molar-refractivity contribution in [2.75, 3.05) is 0 Å². The molecular weight excluding hydrogens is 228 g/mol. The van der Waals surface area contributed by atoms with E-state index in [-0.39, 0.29) is 0 Å². The zero-order valence-electron chi connectivity index (χ0n) is 10.6. The zero-order chi connectivity index (χ0) is 12.3. The van der Waals surface area contributed by atoms with E-state index >= 15 is 0 Å². The molecule has 1 nitrogen and oxygen atoms in total. The summed E-state index contributed by atoms with van der Waals surface area (Å²) < 4.78 is 0. The number of rotatable bonds is 3. The number of thioether (sulfide) groups is 1. The van der Waals surface area contributed by atoms with Gasteiger partial charge in [0.05, 0.1) is 0 Å². The molecule has 92 valence electrons. The highest BCUT2D eigenvalue weighted by Crippen LogP contribution is 2.38. The van der Waals surface area contributed by atoms with Gasteiger partial charge in [-0.2, -0.15) is 0 Å². The van der Waals surface area contributed by atoms with E-state index in [4.69, 9.17) is 0 Å². The van der Waals surface area contributed by atoms with Gasteiger partial charge in [0.25, 0.3) is 0 Å². The molecule has 0 aliphatic heterocycles. The van der Waals surface area contributed by atoms with Crippen LogP contribution in [0.15, 0.2) is 29.2 Å². The van der Waals surface area contributed by atoms with Crippen molar-refractivity contribution in [1.29, 1.82) is 0 Å². The second-order valence-electron chi connectivity index (χ2n) is 5.35. The molecular formula is C15H20OS. The third-order valence-electron chi connectivity index (χ3n) is 3.43. The van der Waals surface area contributed by atoms with Gasteiger partial charge in [-0.05, 0) is 43.2 Å². The first-order valence-electron chi connectivity index (χ1n) is 6.39. The van der Waals surface area contributed by atoms with Crippen LogP contribution in [-0.2, 0) is 0 Å². The van der Waals surface area contributed by atoms with Crippen molar-refractivity contribution in [3.63, 3.8) is 0 Å². The van der Waals surface area contributed by atoms with E-state index in [0.717, 1.165) is 28.9 Å². The van der Waals surface area contributed by atoms with Crippen molar-refractivity contribution >= 4 is 18.0 Å². The van der Waals surface area contributed by atoms with Gasteiger partial charge in [0, 0.05) is 15.7 Å². The molecule has 1 aromatic carbocycles. The fraction of sp³-hybridized carbons (Fsp3) is 0.533. The van der Waals surface area contributed by atoms with Crippen molar-refractivity contribution in [1.82, 2.24) is 0 Å². The molecule has 2 heteroatoms. The minimum absolute atomic E-state index is 0.718. The summed E-state index contributed by atoms with van der Waals surface area (Å²) in [5.41, 5.74) is 0.784. The SMILES string of the molecule is CC1CC(C)CC(Sc2cccc(C=O)c2)C1. The Balaban J connectivity index is 2.01. The second-order valence-corrected chi connectivity index (χ2v) is 6.72. The molecule has 0 saturated heterocycles. The molecule has 1 aliphatic rings. The normalized spacial score (nSPS) is 28.9. The zero-order valence-corrected chi connectivity index (χ0v) is 11.4. The lowest BCUT2D eigenvalue weighted by Crippen LogP contribution is -2.21. The van der Waals surface area contributed by atoms with Crippen LogP contribution in [0.4, 0.5) is 0 Å². The monoisotopic (exact) mass is 248 g/mol. The summed E-state index contributed by atoms with van der Waals surface area (Å²) >= 11 is 1.94. The van der Waals surface area contributed by atoms with Crippen LogP contribution in [0.25, 0.3) is 0 Å². The van der Waals surface area contributed by atoms with Crippen LogP contribution in [0.1, 0.15) is 43.5 Å². The first kappa shape index (κ1) is 12.7. The van der Waals surface area contributed by atoms with Gasteiger partial charge in [0.2, 0.25) is 0 Å². The number of hydrogen-bond acceptors (Lipinski definition) is 2. The fourth-order valence-corrected chi connectivity index (χ4v) is 4.42. The lowest BCUT2D eigenvalue weighted by molar-refractivity contribution is 0.112. The van der Waals surface area contributed by atoms with E-state index in [1.165, 1.54) is 24.2 Å². The van der Waals surface area contributed by atoms with Gasteiger partial charge in [-0.1, -0.05) is 26.0 Å². The van der Waals surface area contributed by atoms with Crippen LogP contribution < -0.4 is 0 Å². The number of carbonyl (C=O) groups is 1. The first-order valence-corrected chi connectivity index (χ1v) is 7.27. The average Bonchev–Trinajstić information content (AvgIpc) is 2.28. The summed E-state index contributed by atoms with van der Waals surface area (Å²) in [4.78, 5) is 12.0. The Kier molecular flexibility index (Phi) is 4.27. The predicted molar refractivity (Wildman–Crippen MR) is 73.7 cm³/mol. The van der Waals surface area contributed by atoms with Gasteiger partial charge >= 0.3 is 0 Å². The van der Waals surface area contributed by atoms with E-state index in [1.54, 1.807) is 0 Å². The predicted octanol–water partition coefficient (Wildman–Crippen LogP) is 4.42. The first-order chi connectivity index (χ1) is 8.17. The molecule has 17 heavy (non-hydrogen) atoms. The molecule has 1 aromatic rings. The largest absolute Gasteiger partial charge is 0.298 e. The Morgan fingerprint density at radius 1 is 1.18 bits per heavy atom. The minimum atomic E-state index is 0.718. The number of benzene rings is 1. The van der Waals surface area contributed by atoms with Crippen LogP contribution in [0.2, 0.25) is 0 Å². The van der Waals surface area contributed by atoms with Gasteiger partial charge in [-0.25, -0.2) is 0 Å². The molecule has 2 unspecified atom stereocenters. The van der Waals surface area contributed by atoms with Crippen molar-refractivity contribution < 1.29 is 4.79 Å². The highest BCUT2D eigenvalue weighted by Gasteiger charge is 2.24. The van der Waals surface area contributed by atoms with Crippen LogP contribution in [0, 0.1) is 11.8 Å². The van der Waals surface area contributed by atoms with Crippen molar-refractivity contribution in [3.8, 4) is 0 Å².